The molecule has 0 unspecified atom stereocenters. The summed E-state index contributed by atoms with van der Waals surface area (Å²) in [5.74, 6) is -0.652. The lowest BCUT2D eigenvalue weighted by Gasteiger charge is -2.15. The quantitative estimate of drug-likeness (QED) is 0.214. The standard InChI is InChI=1S/C36H22N4O2/c41-35-30-7-4-8-31(34(30)36(42)39(35)27-5-2-1-3-6-27)40-32-21-25(23-13-17-37-18-14-23)9-11-28(32)29-12-10-26(22-33(29)40)24-15-19-38-20-16-24/h1-22H. The summed E-state index contributed by atoms with van der Waals surface area (Å²) in [4.78, 5) is 37.3. The molecule has 0 bridgehead atoms. The highest BCUT2D eigenvalue weighted by Crippen LogP contribution is 2.40. The third-order valence-corrected chi connectivity index (χ3v) is 7.94. The van der Waals surface area contributed by atoms with E-state index >= 15 is 0 Å². The molecule has 8 rings (SSSR count). The van der Waals surface area contributed by atoms with Crippen molar-refractivity contribution in [1.82, 2.24) is 14.5 Å². The largest absolute Gasteiger partial charge is 0.308 e. The fourth-order valence-corrected chi connectivity index (χ4v) is 5.99. The highest BCUT2D eigenvalue weighted by molar-refractivity contribution is 6.35. The Balaban J connectivity index is 1.43. The number of hydrogen-bond donors (Lipinski definition) is 0. The van der Waals surface area contributed by atoms with Crippen molar-refractivity contribution in [2.45, 2.75) is 0 Å². The van der Waals surface area contributed by atoms with Gasteiger partial charge in [-0.25, -0.2) is 4.90 Å². The van der Waals surface area contributed by atoms with E-state index in [0.29, 0.717) is 22.5 Å². The second-order valence-corrected chi connectivity index (χ2v) is 10.3. The van der Waals surface area contributed by atoms with Crippen molar-refractivity contribution in [3.8, 4) is 27.9 Å². The normalized spacial score (nSPS) is 12.8. The number of rotatable bonds is 4. The first-order valence-electron chi connectivity index (χ1n) is 13.7. The Morgan fingerprint density at radius 3 is 1.64 bits per heavy atom. The van der Waals surface area contributed by atoms with Crippen molar-refractivity contribution in [2.75, 3.05) is 4.90 Å². The predicted molar refractivity (Wildman–Crippen MR) is 165 cm³/mol. The molecule has 0 spiro atoms. The van der Waals surface area contributed by atoms with E-state index in [1.54, 1.807) is 43.0 Å². The molecule has 6 heteroatoms. The van der Waals surface area contributed by atoms with Crippen LogP contribution in [0.5, 0.6) is 0 Å². The van der Waals surface area contributed by atoms with Gasteiger partial charge in [-0.3, -0.25) is 19.6 Å². The predicted octanol–water partition coefficient (Wildman–Crippen LogP) is 7.71. The van der Waals surface area contributed by atoms with Crippen molar-refractivity contribution in [3.63, 3.8) is 0 Å². The average Bonchev–Trinajstić information content (AvgIpc) is 3.52. The maximum atomic E-state index is 14.1. The van der Waals surface area contributed by atoms with E-state index in [-0.39, 0.29) is 11.8 Å². The second kappa shape index (κ2) is 9.35. The van der Waals surface area contributed by atoms with Gasteiger partial charge in [0.15, 0.2) is 0 Å². The van der Waals surface area contributed by atoms with Crippen LogP contribution < -0.4 is 4.90 Å². The van der Waals surface area contributed by atoms with Crippen molar-refractivity contribution in [2.24, 2.45) is 0 Å². The van der Waals surface area contributed by atoms with E-state index in [1.165, 1.54) is 4.90 Å². The van der Waals surface area contributed by atoms with E-state index in [9.17, 15) is 9.59 Å². The molecule has 1 aliphatic rings. The molecule has 4 heterocycles. The number of amides is 2. The number of para-hydroxylation sites is 1. The Labute approximate surface area is 241 Å². The van der Waals surface area contributed by atoms with E-state index < -0.39 is 0 Å². The zero-order valence-corrected chi connectivity index (χ0v) is 22.3. The summed E-state index contributed by atoms with van der Waals surface area (Å²) in [5, 5.41) is 2.11. The van der Waals surface area contributed by atoms with Crippen molar-refractivity contribution < 1.29 is 9.59 Å². The van der Waals surface area contributed by atoms with Crippen molar-refractivity contribution >= 4 is 39.3 Å². The lowest BCUT2D eigenvalue weighted by Crippen LogP contribution is -2.29. The van der Waals surface area contributed by atoms with Crippen molar-refractivity contribution in [3.05, 3.63) is 145 Å². The summed E-state index contributed by atoms with van der Waals surface area (Å²) in [6, 6.07) is 35.3. The average molecular weight is 543 g/mol. The van der Waals surface area contributed by atoms with E-state index in [0.717, 1.165) is 44.1 Å². The number of nitrogens with zero attached hydrogens (tertiary/aromatic N) is 4. The van der Waals surface area contributed by atoms with Crippen LogP contribution in [0.2, 0.25) is 0 Å². The molecule has 0 aliphatic carbocycles. The van der Waals surface area contributed by atoms with Gasteiger partial charge in [0.25, 0.3) is 11.8 Å². The number of carbonyl (C=O) groups excluding carboxylic acids is 2. The summed E-state index contributed by atoms with van der Waals surface area (Å²) >= 11 is 0. The van der Waals surface area contributed by atoms with Gasteiger partial charge >= 0.3 is 0 Å². The molecule has 0 fully saturated rings. The van der Waals surface area contributed by atoms with Gasteiger partial charge in [-0.15, -0.1) is 0 Å². The maximum absolute atomic E-state index is 14.1. The minimum Gasteiger partial charge on any atom is -0.308 e. The summed E-state index contributed by atoms with van der Waals surface area (Å²) in [5.41, 5.74) is 8.05. The highest BCUT2D eigenvalue weighted by Gasteiger charge is 2.39. The molecule has 3 aromatic heterocycles. The Morgan fingerprint density at radius 1 is 0.500 bits per heavy atom. The number of hydrogen-bond acceptors (Lipinski definition) is 4. The molecule has 4 aromatic carbocycles. The molecule has 0 radical (unpaired) electrons. The van der Waals surface area contributed by atoms with E-state index in [2.05, 4.69) is 50.9 Å². The van der Waals surface area contributed by atoms with Gasteiger partial charge in [-0.05, 0) is 82.9 Å². The Bertz CT molecular complexity index is 2080. The minimum absolute atomic E-state index is 0.321. The van der Waals surface area contributed by atoms with Crippen LogP contribution in [0.3, 0.4) is 0 Å². The number of benzene rings is 4. The number of carbonyl (C=O) groups is 2. The van der Waals surface area contributed by atoms with Crippen molar-refractivity contribution in [1.29, 1.82) is 0 Å². The fourth-order valence-electron chi connectivity index (χ4n) is 5.99. The van der Waals surface area contributed by atoms with Gasteiger partial charge < -0.3 is 4.57 Å². The lowest BCUT2D eigenvalue weighted by atomic mass is 10.0. The Morgan fingerprint density at radius 2 is 1.07 bits per heavy atom. The first-order chi connectivity index (χ1) is 20.7. The monoisotopic (exact) mass is 542 g/mol. The van der Waals surface area contributed by atoms with E-state index in [4.69, 9.17) is 0 Å². The molecule has 6 nitrogen and oxygen atoms in total. The molecule has 0 saturated carbocycles. The number of anilines is 1. The molecule has 1 aliphatic heterocycles. The van der Waals surface area contributed by atoms with Gasteiger partial charge in [-0.1, -0.05) is 48.5 Å². The first kappa shape index (κ1) is 24.0. The fraction of sp³-hybridized carbons (Fsp3) is 0. The third kappa shape index (κ3) is 3.59. The number of fused-ring (bicyclic) bond motifs is 4. The zero-order valence-electron chi connectivity index (χ0n) is 22.3. The molecule has 42 heavy (non-hydrogen) atoms. The molecule has 0 saturated heterocycles. The molecule has 198 valence electrons. The van der Waals surface area contributed by atoms with Crippen LogP contribution in [-0.2, 0) is 0 Å². The van der Waals surface area contributed by atoms with Crippen LogP contribution in [0.4, 0.5) is 5.69 Å². The molecular weight excluding hydrogens is 520 g/mol. The Hall–Kier alpha value is -5.88. The maximum Gasteiger partial charge on any atom is 0.268 e. The van der Waals surface area contributed by atoms with Crippen LogP contribution in [0.1, 0.15) is 20.7 Å². The van der Waals surface area contributed by atoms with E-state index in [1.807, 2.05) is 54.6 Å². The lowest BCUT2D eigenvalue weighted by molar-refractivity contribution is 0.0926. The third-order valence-electron chi connectivity index (χ3n) is 7.94. The van der Waals surface area contributed by atoms with Crippen LogP contribution >= 0.6 is 0 Å². The van der Waals surface area contributed by atoms with Crippen LogP contribution in [0.25, 0.3) is 49.7 Å². The Kier molecular flexibility index (Phi) is 5.34. The number of imide groups is 1. The highest BCUT2D eigenvalue weighted by atomic mass is 16.2. The molecule has 0 N–H and O–H groups in total. The summed E-state index contributed by atoms with van der Waals surface area (Å²) < 4.78 is 2.12. The molecule has 7 aromatic rings. The van der Waals surface area contributed by atoms with Gasteiger partial charge in [-0.2, -0.15) is 0 Å². The zero-order chi connectivity index (χ0) is 28.2. The molecular formula is C36H22N4O2. The summed E-state index contributed by atoms with van der Waals surface area (Å²) in [6.07, 6.45) is 7.12. The molecule has 2 amide bonds. The van der Waals surface area contributed by atoms with Gasteiger partial charge in [0.05, 0.1) is 33.5 Å². The van der Waals surface area contributed by atoms with Gasteiger partial charge in [0.2, 0.25) is 0 Å². The number of pyridine rings is 2. The SMILES string of the molecule is O=C1c2cccc(-n3c4cc(-c5ccncc5)ccc4c4ccc(-c5ccncc5)cc43)c2C(=O)N1c1ccccc1. The summed E-state index contributed by atoms with van der Waals surface area (Å²) in [7, 11) is 0. The molecule has 0 atom stereocenters. The second-order valence-electron chi connectivity index (χ2n) is 10.3. The summed E-state index contributed by atoms with van der Waals surface area (Å²) in [6.45, 7) is 0. The van der Waals surface area contributed by atoms with Crippen LogP contribution in [0, 0.1) is 0 Å². The van der Waals surface area contributed by atoms with Gasteiger partial charge in [0, 0.05) is 35.6 Å². The topological polar surface area (TPSA) is 68.1 Å². The smallest absolute Gasteiger partial charge is 0.268 e. The number of aromatic nitrogens is 3. The first-order valence-corrected chi connectivity index (χ1v) is 13.7. The van der Waals surface area contributed by atoms with Crippen LogP contribution in [-0.4, -0.2) is 26.3 Å². The van der Waals surface area contributed by atoms with Gasteiger partial charge in [0.1, 0.15) is 0 Å². The van der Waals surface area contributed by atoms with Crippen LogP contribution in [0.15, 0.2) is 134 Å². The minimum atomic E-state index is -0.331.